The lowest BCUT2D eigenvalue weighted by molar-refractivity contribution is -0.138. The smallest absolute Gasteiger partial charge is 0.416 e. The van der Waals surface area contributed by atoms with Crippen molar-refractivity contribution in [1.29, 1.82) is 10.7 Å². The van der Waals surface area contributed by atoms with Crippen LogP contribution < -0.4 is 10.6 Å². The number of carbonyl (C=O) groups excluding carboxylic acids is 2. The number of guanidine groups is 1. The number of halogens is 3. The Morgan fingerprint density at radius 2 is 1.88 bits per heavy atom. The number of nitrogens with two attached hydrogens (primary N) is 1. The van der Waals surface area contributed by atoms with Crippen LogP contribution in [0.15, 0.2) is 53.7 Å². The predicted molar refractivity (Wildman–Crippen MR) is 147 cm³/mol. The summed E-state index contributed by atoms with van der Waals surface area (Å²) < 4.78 is 70.3. The van der Waals surface area contributed by atoms with Crippen LogP contribution in [0.4, 0.5) is 23.7 Å². The molecule has 3 N–H and O–H groups in total. The number of sulfonamides is 1. The van der Waals surface area contributed by atoms with E-state index in [9.17, 15) is 36.4 Å². The molecule has 0 fully saturated rings. The number of hydrogen-bond acceptors (Lipinski definition) is 7. The summed E-state index contributed by atoms with van der Waals surface area (Å²) in [5.74, 6) is -1.55. The summed E-state index contributed by atoms with van der Waals surface area (Å²) in [5.41, 5.74) is 5.38. The molecule has 15 heteroatoms. The van der Waals surface area contributed by atoms with Gasteiger partial charge in [-0.05, 0) is 61.2 Å². The van der Waals surface area contributed by atoms with Crippen LogP contribution in [0.5, 0.6) is 0 Å². The SMILES string of the molecule is COC(=O)C1=C(C)N(c2cccc(C(F)(F)F)c2)C(=N)N(C(N)=O)[C@@H]1c1ccc(C#N)cc1CCCN(C)S(C)(=O)=O. The van der Waals surface area contributed by atoms with Crippen molar-refractivity contribution in [3.05, 3.63) is 76.0 Å². The molecule has 0 radical (unpaired) electrons. The predicted octanol–water partition coefficient (Wildman–Crippen LogP) is 3.72. The van der Waals surface area contributed by atoms with Gasteiger partial charge in [-0.1, -0.05) is 12.1 Å². The van der Waals surface area contributed by atoms with Gasteiger partial charge in [-0.2, -0.15) is 18.4 Å². The number of anilines is 1. The highest BCUT2D eigenvalue weighted by atomic mass is 32.2. The fraction of sp³-hybridized carbons (Fsp3) is 0.333. The van der Waals surface area contributed by atoms with E-state index in [4.69, 9.17) is 15.9 Å². The van der Waals surface area contributed by atoms with Gasteiger partial charge in [0.2, 0.25) is 16.0 Å². The summed E-state index contributed by atoms with van der Waals surface area (Å²) in [4.78, 5) is 27.8. The first-order valence-corrected chi connectivity index (χ1v) is 14.3. The number of carbonyl (C=O) groups is 2. The van der Waals surface area contributed by atoms with E-state index in [1.165, 1.54) is 38.2 Å². The number of methoxy groups -OCH3 is 1. The number of allylic oxidation sites excluding steroid dienone is 1. The van der Waals surface area contributed by atoms with E-state index in [2.05, 4.69) is 0 Å². The first-order chi connectivity index (χ1) is 19.5. The topological polar surface area (TPSA) is 161 Å². The van der Waals surface area contributed by atoms with Crippen LogP contribution in [0.2, 0.25) is 0 Å². The standard InChI is InChI=1S/C27H29F3N6O5S/c1-16-22(24(37)41-3)23(21-11-10-17(15-31)13-18(21)7-6-12-34(2)42(4,39)40)36(26(33)38)25(32)35(16)20-9-5-8-19(14-20)27(28,29)30/h5,8-11,13-14,23,32H,6-7,12H2,1-4H3,(H2,33,38)/t23-/m1/s1. The summed E-state index contributed by atoms with van der Waals surface area (Å²) in [7, 11) is -0.972. The third kappa shape index (κ3) is 6.55. The third-order valence-corrected chi connectivity index (χ3v) is 8.14. The van der Waals surface area contributed by atoms with Crippen molar-refractivity contribution in [2.45, 2.75) is 32.0 Å². The average Bonchev–Trinajstić information content (AvgIpc) is 2.91. The molecule has 42 heavy (non-hydrogen) atoms. The maximum Gasteiger partial charge on any atom is 0.416 e. The van der Waals surface area contributed by atoms with Crippen LogP contribution in [0.1, 0.15) is 41.6 Å². The minimum Gasteiger partial charge on any atom is -0.466 e. The molecule has 2 aromatic carbocycles. The number of urea groups is 1. The van der Waals surface area contributed by atoms with E-state index in [1.54, 1.807) is 0 Å². The molecule has 1 atom stereocenters. The zero-order valence-electron chi connectivity index (χ0n) is 23.2. The summed E-state index contributed by atoms with van der Waals surface area (Å²) in [6, 6.07) is 7.95. The van der Waals surface area contributed by atoms with Gasteiger partial charge in [0.05, 0.1) is 36.1 Å². The number of alkyl halides is 3. The molecular weight excluding hydrogens is 577 g/mol. The van der Waals surface area contributed by atoms with Crippen molar-refractivity contribution >= 4 is 33.7 Å². The molecule has 3 rings (SSSR count). The molecule has 224 valence electrons. The molecule has 0 saturated carbocycles. The number of nitrogens with zero attached hydrogens (tertiary/aromatic N) is 4. The lowest BCUT2D eigenvalue weighted by atomic mass is 9.87. The Bertz CT molecular complexity index is 1600. The number of ether oxygens (including phenoxy) is 1. The molecule has 2 amide bonds. The minimum absolute atomic E-state index is 0.0146. The van der Waals surface area contributed by atoms with Gasteiger partial charge in [-0.15, -0.1) is 0 Å². The number of aryl methyl sites for hydroxylation is 1. The molecule has 1 heterocycles. The maximum absolute atomic E-state index is 13.5. The van der Waals surface area contributed by atoms with Crippen molar-refractivity contribution in [2.75, 3.05) is 31.9 Å². The summed E-state index contributed by atoms with van der Waals surface area (Å²) in [5, 5.41) is 18.4. The first kappa shape index (κ1) is 32.1. The zero-order chi connectivity index (χ0) is 31.6. The van der Waals surface area contributed by atoms with Crippen LogP contribution in [0.25, 0.3) is 0 Å². The highest BCUT2D eigenvalue weighted by Gasteiger charge is 2.44. The van der Waals surface area contributed by atoms with Gasteiger partial charge in [0, 0.05) is 25.0 Å². The third-order valence-electron chi connectivity index (χ3n) is 6.82. The number of amides is 2. The Kier molecular flexibility index (Phi) is 9.33. The molecule has 0 saturated heterocycles. The number of hydrogen-bond donors (Lipinski definition) is 2. The molecule has 0 unspecified atom stereocenters. The average molecular weight is 607 g/mol. The minimum atomic E-state index is -4.70. The van der Waals surface area contributed by atoms with E-state index >= 15 is 0 Å². The lowest BCUT2D eigenvalue weighted by Crippen LogP contribution is -2.55. The van der Waals surface area contributed by atoms with E-state index < -0.39 is 45.8 Å². The van der Waals surface area contributed by atoms with Crippen molar-refractivity contribution in [3.8, 4) is 6.07 Å². The maximum atomic E-state index is 13.5. The van der Waals surface area contributed by atoms with Gasteiger partial charge >= 0.3 is 18.2 Å². The Morgan fingerprint density at radius 1 is 1.21 bits per heavy atom. The number of esters is 1. The summed E-state index contributed by atoms with van der Waals surface area (Å²) in [6.07, 6.45) is -3.16. The van der Waals surface area contributed by atoms with Gasteiger partial charge in [-0.25, -0.2) is 22.3 Å². The van der Waals surface area contributed by atoms with Gasteiger partial charge in [-0.3, -0.25) is 15.2 Å². The lowest BCUT2D eigenvalue weighted by Gasteiger charge is -2.43. The molecular formula is C27H29F3N6O5S. The van der Waals surface area contributed by atoms with Gasteiger partial charge < -0.3 is 10.5 Å². The van der Waals surface area contributed by atoms with Crippen molar-refractivity contribution in [2.24, 2.45) is 5.73 Å². The van der Waals surface area contributed by atoms with Gasteiger partial charge in [0.25, 0.3) is 0 Å². The number of rotatable bonds is 8. The second kappa shape index (κ2) is 12.2. The number of primary amides is 1. The van der Waals surface area contributed by atoms with Crippen molar-refractivity contribution in [3.63, 3.8) is 0 Å². The molecule has 0 bridgehead atoms. The van der Waals surface area contributed by atoms with Crippen LogP contribution >= 0.6 is 0 Å². The zero-order valence-corrected chi connectivity index (χ0v) is 24.0. The molecule has 1 aliphatic rings. The molecule has 2 aromatic rings. The quantitative estimate of drug-likeness (QED) is 0.433. The summed E-state index contributed by atoms with van der Waals surface area (Å²) >= 11 is 0. The molecule has 0 aromatic heterocycles. The number of benzene rings is 2. The molecule has 0 aliphatic carbocycles. The molecule has 1 aliphatic heterocycles. The summed E-state index contributed by atoms with van der Waals surface area (Å²) in [6.45, 7) is 1.52. The second-order valence-electron chi connectivity index (χ2n) is 9.52. The highest BCUT2D eigenvalue weighted by molar-refractivity contribution is 7.88. The largest absolute Gasteiger partial charge is 0.466 e. The number of nitrogens with one attached hydrogen (secondary N) is 1. The highest BCUT2D eigenvalue weighted by Crippen LogP contribution is 2.42. The van der Waals surface area contributed by atoms with Crippen LogP contribution in [0.3, 0.4) is 0 Å². The fourth-order valence-electron chi connectivity index (χ4n) is 4.69. The van der Waals surface area contributed by atoms with E-state index in [-0.39, 0.29) is 35.5 Å². The van der Waals surface area contributed by atoms with E-state index in [1.807, 2.05) is 6.07 Å². The van der Waals surface area contributed by atoms with Crippen molar-refractivity contribution < 1.29 is 35.9 Å². The Balaban J connectivity index is 2.25. The van der Waals surface area contributed by atoms with Crippen LogP contribution in [-0.4, -0.2) is 62.5 Å². The fourth-order valence-corrected chi connectivity index (χ4v) is 5.15. The molecule has 11 nitrogen and oxygen atoms in total. The first-order valence-electron chi connectivity index (χ1n) is 12.4. The Labute approximate surface area is 241 Å². The van der Waals surface area contributed by atoms with E-state index in [0.717, 1.165) is 45.7 Å². The molecule has 0 spiro atoms. The Hall–Kier alpha value is -4.42. The van der Waals surface area contributed by atoms with Gasteiger partial charge in [0.15, 0.2) is 0 Å². The normalized spacial score (nSPS) is 16.1. The van der Waals surface area contributed by atoms with Crippen LogP contribution in [-0.2, 0) is 32.2 Å². The number of nitriles is 1. The Morgan fingerprint density at radius 3 is 2.43 bits per heavy atom. The van der Waals surface area contributed by atoms with Crippen molar-refractivity contribution in [1.82, 2.24) is 9.21 Å². The monoisotopic (exact) mass is 606 g/mol. The van der Waals surface area contributed by atoms with Crippen LogP contribution in [0, 0.1) is 16.7 Å². The second-order valence-corrected chi connectivity index (χ2v) is 11.6. The van der Waals surface area contributed by atoms with E-state index in [0.29, 0.717) is 17.5 Å². The van der Waals surface area contributed by atoms with Gasteiger partial charge in [0.1, 0.15) is 6.04 Å².